The molecule has 0 spiro atoms. The zero-order valence-corrected chi connectivity index (χ0v) is 11.8. The van der Waals surface area contributed by atoms with Crippen LogP contribution >= 0.6 is 11.6 Å². The van der Waals surface area contributed by atoms with E-state index in [1.54, 1.807) is 6.20 Å². The average Bonchev–Trinajstić information content (AvgIpc) is 2.40. The highest BCUT2D eigenvalue weighted by Crippen LogP contribution is 2.24. The van der Waals surface area contributed by atoms with E-state index in [0.29, 0.717) is 18.9 Å². The summed E-state index contributed by atoms with van der Waals surface area (Å²) in [6, 6.07) is 1.86. The number of carbonyl (C=O) groups excluding carboxylic acids is 1. The number of esters is 1. The molecule has 1 fully saturated rings. The van der Waals surface area contributed by atoms with E-state index in [-0.39, 0.29) is 11.3 Å². The Bertz CT molecular complexity index is 434. The van der Waals surface area contributed by atoms with Crippen molar-refractivity contribution in [3.05, 3.63) is 17.5 Å². The third-order valence-electron chi connectivity index (χ3n) is 3.31. The maximum absolute atomic E-state index is 11.4. The van der Waals surface area contributed by atoms with Crippen LogP contribution in [0.4, 0.5) is 5.82 Å². The maximum atomic E-state index is 11.4. The fourth-order valence-electron chi connectivity index (χ4n) is 2.32. The fourth-order valence-corrected chi connectivity index (χ4v) is 2.47. The van der Waals surface area contributed by atoms with Gasteiger partial charge in [0.25, 0.3) is 0 Å². The molecule has 0 bridgehead atoms. The lowest BCUT2D eigenvalue weighted by molar-refractivity contribution is -0.144. The van der Waals surface area contributed by atoms with E-state index >= 15 is 0 Å². The number of piperidine rings is 1. The molecule has 1 aromatic heterocycles. The van der Waals surface area contributed by atoms with E-state index in [1.807, 2.05) is 13.0 Å². The number of ether oxygens (including phenoxy) is 1. The zero-order chi connectivity index (χ0) is 13.7. The second kappa shape index (κ2) is 6.70. The van der Waals surface area contributed by atoms with Crippen LogP contribution in [0.2, 0.25) is 5.28 Å². The van der Waals surface area contributed by atoms with Gasteiger partial charge in [0, 0.05) is 25.7 Å². The summed E-state index contributed by atoms with van der Waals surface area (Å²) in [4.78, 5) is 21.7. The lowest BCUT2D eigenvalue weighted by Gasteiger charge is -2.32. The van der Waals surface area contributed by atoms with Gasteiger partial charge in [-0.05, 0) is 43.4 Å². The third-order valence-corrected chi connectivity index (χ3v) is 3.49. The van der Waals surface area contributed by atoms with Gasteiger partial charge in [0.2, 0.25) is 5.28 Å². The molecule has 0 N–H and O–H groups in total. The fraction of sp³-hybridized carbons (Fsp3) is 0.615. The Kier molecular flexibility index (Phi) is 4.96. The lowest BCUT2D eigenvalue weighted by atomic mass is 9.93. The van der Waals surface area contributed by atoms with Crippen molar-refractivity contribution in [2.75, 3.05) is 24.6 Å². The highest BCUT2D eigenvalue weighted by molar-refractivity contribution is 6.28. The van der Waals surface area contributed by atoms with Gasteiger partial charge in [0.05, 0.1) is 6.61 Å². The van der Waals surface area contributed by atoms with Crippen LogP contribution in [0.5, 0.6) is 0 Å². The average molecular weight is 284 g/mol. The van der Waals surface area contributed by atoms with Gasteiger partial charge >= 0.3 is 5.97 Å². The van der Waals surface area contributed by atoms with Crippen LogP contribution < -0.4 is 4.90 Å². The van der Waals surface area contributed by atoms with Crippen molar-refractivity contribution in [2.24, 2.45) is 5.92 Å². The molecule has 1 aliphatic rings. The van der Waals surface area contributed by atoms with E-state index in [2.05, 4.69) is 14.9 Å². The number of anilines is 1. The van der Waals surface area contributed by atoms with E-state index in [0.717, 1.165) is 31.7 Å². The molecule has 1 saturated heterocycles. The van der Waals surface area contributed by atoms with E-state index < -0.39 is 0 Å². The Balaban J connectivity index is 1.84. The number of halogens is 1. The molecule has 19 heavy (non-hydrogen) atoms. The largest absolute Gasteiger partial charge is 0.466 e. The van der Waals surface area contributed by atoms with Gasteiger partial charge in [0.15, 0.2) is 0 Å². The second-order valence-electron chi connectivity index (χ2n) is 4.62. The third kappa shape index (κ3) is 4.06. The van der Waals surface area contributed by atoms with Gasteiger partial charge in [-0.3, -0.25) is 4.79 Å². The quantitative estimate of drug-likeness (QED) is 0.627. The second-order valence-corrected chi connectivity index (χ2v) is 4.96. The summed E-state index contributed by atoms with van der Waals surface area (Å²) >= 11 is 5.79. The molecule has 0 amide bonds. The van der Waals surface area contributed by atoms with Crippen molar-refractivity contribution >= 4 is 23.4 Å². The van der Waals surface area contributed by atoms with Crippen LogP contribution in [-0.4, -0.2) is 35.6 Å². The SMILES string of the molecule is CCOC(=O)CC1CCN(c2ccnc(Cl)n2)CC1. The first-order valence-corrected chi connectivity index (χ1v) is 6.96. The molecule has 1 aliphatic heterocycles. The van der Waals surface area contributed by atoms with Crippen LogP contribution in [0.15, 0.2) is 12.3 Å². The minimum absolute atomic E-state index is 0.0916. The first kappa shape index (κ1) is 14.1. The predicted molar refractivity (Wildman–Crippen MR) is 73.2 cm³/mol. The molecule has 0 saturated carbocycles. The Morgan fingerprint density at radius 3 is 2.89 bits per heavy atom. The Labute approximate surface area is 117 Å². The maximum Gasteiger partial charge on any atom is 0.306 e. The lowest BCUT2D eigenvalue weighted by Crippen LogP contribution is -2.35. The molecule has 0 radical (unpaired) electrons. The minimum Gasteiger partial charge on any atom is -0.466 e. The first-order valence-electron chi connectivity index (χ1n) is 6.58. The van der Waals surface area contributed by atoms with Crippen molar-refractivity contribution in [3.63, 3.8) is 0 Å². The monoisotopic (exact) mass is 283 g/mol. The molecular formula is C13H18ClN3O2. The molecule has 0 atom stereocenters. The van der Waals surface area contributed by atoms with E-state index in [9.17, 15) is 4.79 Å². The number of nitrogens with zero attached hydrogens (tertiary/aromatic N) is 3. The number of rotatable bonds is 4. The summed E-state index contributed by atoms with van der Waals surface area (Å²) in [7, 11) is 0. The normalized spacial score (nSPS) is 16.4. The van der Waals surface area contributed by atoms with Gasteiger partial charge in [-0.1, -0.05) is 0 Å². The Morgan fingerprint density at radius 1 is 1.53 bits per heavy atom. The topological polar surface area (TPSA) is 55.3 Å². The smallest absolute Gasteiger partial charge is 0.306 e. The van der Waals surface area contributed by atoms with Crippen molar-refractivity contribution in [1.29, 1.82) is 0 Å². The molecule has 0 aromatic carbocycles. The summed E-state index contributed by atoms with van der Waals surface area (Å²) in [6.07, 6.45) is 4.13. The van der Waals surface area contributed by atoms with Crippen LogP contribution in [0.25, 0.3) is 0 Å². The van der Waals surface area contributed by atoms with Crippen LogP contribution in [0, 0.1) is 5.92 Å². The Hall–Kier alpha value is -1.36. The summed E-state index contributed by atoms with van der Waals surface area (Å²) < 4.78 is 4.98. The molecule has 5 nitrogen and oxygen atoms in total. The van der Waals surface area contributed by atoms with Gasteiger partial charge in [-0.2, -0.15) is 0 Å². The molecule has 2 rings (SSSR count). The number of hydrogen-bond acceptors (Lipinski definition) is 5. The molecule has 104 valence electrons. The number of aromatic nitrogens is 2. The van der Waals surface area contributed by atoms with Gasteiger partial charge in [-0.15, -0.1) is 0 Å². The highest BCUT2D eigenvalue weighted by Gasteiger charge is 2.22. The zero-order valence-electron chi connectivity index (χ0n) is 11.0. The Morgan fingerprint density at radius 2 is 2.26 bits per heavy atom. The minimum atomic E-state index is -0.0916. The molecule has 1 aromatic rings. The standard InChI is InChI=1S/C13H18ClN3O2/c1-2-19-12(18)9-10-4-7-17(8-5-10)11-3-6-15-13(14)16-11/h3,6,10H,2,4-5,7-9H2,1H3. The molecule has 0 aliphatic carbocycles. The van der Waals surface area contributed by atoms with Crippen molar-refractivity contribution in [3.8, 4) is 0 Å². The summed E-state index contributed by atoms with van der Waals surface area (Å²) in [5, 5.41) is 0.270. The summed E-state index contributed by atoms with van der Waals surface area (Å²) in [5.41, 5.74) is 0. The number of hydrogen-bond donors (Lipinski definition) is 0. The number of carbonyl (C=O) groups is 1. The molecule has 0 unspecified atom stereocenters. The summed E-state index contributed by atoms with van der Waals surface area (Å²) in [5.74, 6) is 1.17. The molecule has 6 heteroatoms. The van der Waals surface area contributed by atoms with Crippen molar-refractivity contribution < 1.29 is 9.53 Å². The van der Waals surface area contributed by atoms with Crippen LogP contribution in [-0.2, 0) is 9.53 Å². The molecular weight excluding hydrogens is 266 g/mol. The first-order chi connectivity index (χ1) is 9.19. The predicted octanol–water partition coefficient (Wildman–Crippen LogP) is 2.30. The van der Waals surface area contributed by atoms with Gasteiger partial charge < -0.3 is 9.64 Å². The van der Waals surface area contributed by atoms with Gasteiger partial charge in [-0.25, -0.2) is 9.97 Å². The van der Waals surface area contributed by atoms with Crippen molar-refractivity contribution in [2.45, 2.75) is 26.2 Å². The highest BCUT2D eigenvalue weighted by atomic mass is 35.5. The van der Waals surface area contributed by atoms with Crippen LogP contribution in [0.3, 0.4) is 0 Å². The summed E-state index contributed by atoms with van der Waals surface area (Å²) in [6.45, 7) is 4.06. The van der Waals surface area contributed by atoms with Crippen LogP contribution in [0.1, 0.15) is 26.2 Å². The van der Waals surface area contributed by atoms with E-state index in [4.69, 9.17) is 16.3 Å². The van der Waals surface area contributed by atoms with Crippen molar-refractivity contribution in [1.82, 2.24) is 9.97 Å². The molecule has 2 heterocycles. The van der Waals surface area contributed by atoms with Gasteiger partial charge in [0.1, 0.15) is 5.82 Å². The van der Waals surface area contributed by atoms with E-state index in [1.165, 1.54) is 0 Å².